The Hall–Kier alpha value is -2.51. The highest BCUT2D eigenvalue weighted by molar-refractivity contribution is 6.04. The van der Waals surface area contributed by atoms with Gasteiger partial charge < -0.3 is 14.8 Å². The third-order valence-electron chi connectivity index (χ3n) is 3.87. The fourth-order valence-corrected chi connectivity index (χ4v) is 2.49. The van der Waals surface area contributed by atoms with Gasteiger partial charge in [-0.05, 0) is 18.2 Å². The number of hydrogen-bond donors (Lipinski definition) is 1. The molecule has 0 saturated carbocycles. The number of nitrogens with one attached hydrogen (secondary N) is 1. The molecule has 0 unspecified atom stereocenters. The molecule has 132 valence electrons. The molecule has 0 aliphatic carbocycles. The molecule has 0 spiro atoms. The van der Waals surface area contributed by atoms with Gasteiger partial charge in [0.25, 0.3) is 5.91 Å². The first-order valence-electron chi connectivity index (χ1n) is 8.17. The van der Waals surface area contributed by atoms with Gasteiger partial charge in [0, 0.05) is 25.7 Å². The summed E-state index contributed by atoms with van der Waals surface area (Å²) < 4.78 is 24.5. The van der Waals surface area contributed by atoms with Crippen LogP contribution in [-0.4, -0.2) is 55.2 Å². The normalized spacial score (nSPS) is 14.9. The van der Waals surface area contributed by atoms with E-state index in [9.17, 15) is 9.18 Å². The first-order valence-corrected chi connectivity index (χ1v) is 8.17. The van der Waals surface area contributed by atoms with Gasteiger partial charge in [0.05, 0.1) is 30.7 Å². The third-order valence-corrected chi connectivity index (χ3v) is 3.87. The average molecular weight is 345 g/mol. The maximum atomic E-state index is 13.6. The van der Waals surface area contributed by atoms with Crippen LogP contribution >= 0.6 is 0 Å². The number of carbonyl (C=O) groups excluding carboxylic acids is 1. The molecule has 7 heteroatoms. The first kappa shape index (κ1) is 17.3. The lowest BCUT2D eigenvalue weighted by atomic mass is 10.2. The number of morpholine rings is 1. The molecule has 1 amide bonds. The van der Waals surface area contributed by atoms with Crippen molar-refractivity contribution in [1.82, 2.24) is 9.88 Å². The van der Waals surface area contributed by atoms with Crippen molar-refractivity contribution < 1.29 is 18.7 Å². The molecule has 1 aliphatic heterocycles. The van der Waals surface area contributed by atoms with Crippen molar-refractivity contribution in [1.29, 1.82) is 0 Å². The topological polar surface area (TPSA) is 63.7 Å². The molecule has 3 rings (SSSR count). The fourth-order valence-electron chi connectivity index (χ4n) is 2.49. The van der Waals surface area contributed by atoms with Crippen molar-refractivity contribution in [3.63, 3.8) is 0 Å². The summed E-state index contributed by atoms with van der Waals surface area (Å²) in [6, 6.07) is 9.18. The van der Waals surface area contributed by atoms with Crippen molar-refractivity contribution in [2.45, 2.75) is 0 Å². The largest absolute Gasteiger partial charge is 0.476 e. The van der Waals surface area contributed by atoms with Gasteiger partial charge in [0.15, 0.2) is 0 Å². The zero-order chi connectivity index (χ0) is 17.5. The van der Waals surface area contributed by atoms with Crippen LogP contribution in [0.25, 0.3) is 0 Å². The second-order valence-corrected chi connectivity index (χ2v) is 5.62. The smallest absolute Gasteiger partial charge is 0.258 e. The SMILES string of the molecule is O=C(Nc1ccc(OCCN2CCOCC2)nc1)c1ccccc1F. The molecule has 1 aromatic heterocycles. The summed E-state index contributed by atoms with van der Waals surface area (Å²) in [6.45, 7) is 4.70. The van der Waals surface area contributed by atoms with Gasteiger partial charge in [0.2, 0.25) is 5.88 Å². The lowest BCUT2D eigenvalue weighted by Crippen LogP contribution is -2.38. The van der Waals surface area contributed by atoms with E-state index in [1.807, 2.05) is 0 Å². The molecule has 1 saturated heterocycles. The average Bonchev–Trinajstić information content (AvgIpc) is 2.64. The number of ether oxygens (including phenoxy) is 2. The predicted octanol–water partition coefficient (Wildman–Crippen LogP) is 2.18. The second-order valence-electron chi connectivity index (χ2n) is 5.62. The number of benzene rings is 1. The van der Waals surface area contributed by atoms with E-state index < -0.39 is 11.7 Å². The highest BCUT2D eigenvalue weighted by Crippen LogP contribution is 2.14. The Labute approximate surface area is 145 Å². The van der Waals surface area contributed by atoms with Gasteiger partial charge >= 0.3 is 0 Å². The van der Waals surface area contributed by atoms with Gasteiger partial charge in [-0.3, -0.25) is 9.69 Å². The summed E-state index contributed by atoms with van der Waals surface area (Å²) in [5.74, 6) is -0.589. The minimum Gasteiger partial charge on any atom is -0.476 e. The molecule has 1 aromatic carbocycles. The van der Waals surface area contributed by atoms with Gasteiger partial charge in [0.1, 0.15) is 12.4 Å². The Morgan fingerprint density at radius 3 is 2.76 bits per heavy atom. The monoisotopic (exact) mass is 345 g/mol. The molecule has 1 aliphatic rings. The summed E-state index contributed by atoms with van der Waals surface area (Å²) in [5, 5.41) is 2.61. The van der Waals surface area contributed by atoms with E-state index >= 15 is 0 Å². The number of amides is 1. The molecule has 25 heavy (non-hydrogen) atoms. The Morgan fingerprint density at radius 1 is 1.24 bits per heavy atom. The summed E-state index contributed by atoms with van der Waals surface area (Å²) in [6.07, 6.45) is 1.49. The first-order chi connectivity index (χ1) is 12.2. The van der Waals surface area contributed by atoms with Crippen molar-refractivity contribution in [2.75, 3.05) is 44.8 Å². The zero-order valence-corrected chi connectivity index (χ0v) is 13.8. The molecule has 2 heterocycles. The highest BCUT2D eigenvalue weighted by atomic mass is 19.1. The van der Waals surface area contributed by atoms with Crippen molar-refractivity contribution in [3.05, 3.63) is 54.0 Å². The standard InChI is InChI=1S/C18H20FN3O3/c19-16-4-2-1-3-15(16)18(23)21-14-5-6-17(20-13-14)25-12-9-22-7-10-24-11-8-22/h1-6,13H,7-12H2,(H,21,23). The summed E-state index contributed by atoms with van der Waals surface area (Å²) >= 11 is 0. The number of aromatic nitrogens is 1. The van der Waals surface area contributed by atoms with E-state index in [4.69, 9.17) is 9.47 Å². The molecule has 2 aromatic rings. The minimum atomic E-state index is -0.559. The van der Waals surface area contributed by atoms with Crippen LogP contribution in [0.5, 0.6) is 5.88 Å². The van der Waals surface area contributed by atoms with Crippen LogP contribution in [0.4, 0.5) is 10.1 Å². The molecule has 1 fully saturated rings. The van der Waals surface area contributed by atoms with Crippen LogP contribution in [0.1, 0.15) is 10.4 Å². The van der Waals surface area contributed by atoms with E-state index in [0.29, 0.717) is 18.2 Å². The number of anilines is 1. The van der Waals surface area contributed by atoms with Crippen LogP contribution in [-0.2, 0) is 4.74 Å². The zero-order valence-electron chi connectivity index (χ0n) is 13.8. The number of rotatable bonds is 6. The Morgan fingerprint density at radius 2 is 2.04 bits per heavy atom. The number of carbonyl (C=O) groups is 1. The van der Waals surface area contributed by atoms with Crippen molar-refractivity contribution >= 4 is 11.6 Å². The van der Waals surface area contributed by atoms with E-state index in [-0.39, 0.29) is 5.56 Å². The molecule has 1 N–H and O–H groups in total. The van der Waals surface area contributed by atoms with E-state index in [1.54, 1.807) is 18.2 Å². The van der Waals surface area contributed by atoms with E-state index in [1.165, 1.54) is 24.4 Å². The van der Waals surface area contributed by atoms with Crippen LogP contribution < -0.4 is 10.1 Å². The van der Waals surface area contributed by atoms with Crippen LogP contribution in [0.2, 0.25) is 0 Å². The number of hydrogen-bond acceptors (Lipinski definition) is 5. The number of pyridine rings is 1. The van der Waals surface area contributed by atoms with Gasteiger partial charge in [-0.25, -0.2) is 9.37 Å². The molecule has 6 nitrogen and oxygen atoms in total. The van der Waals surface area contributed by atoms with Gasteiger partial charge in [-0.2, -0.15) is 0 Å². The molecule has 0 atom stereocenters. The Balaban J connectivity index is 1.48. The molecular weight excluding hydrogens is 325 g/mol. The number of halogens is 1. The minimum absolute atomic E-state index is 0.00617. The molecular formula is C18H20FN3O3. The van der Waals surface area contributed by atoms with Crippen LogP contribution in [0.3, 0.4) is 0 Å². The summed E-state index contributed by atoms with van der Waals surface area (Å²) in [4.78, 5) is 18.5. The van der Waals surface area contributed by atoms with Gasteiger partial charge in [-0.15, -0.1) is 0 Å². The third kappa shape index (κ3) is 4.98. The van der Waals surface area contributed by atoms with Crippen LogP contribution in [0, 0.1) is 5.82 Å². The lowest BCUT2D eigenvalue weighted by Gasteiger charge is -2.26. The van der Waals surface area contributed by atoms with Crippen LogP contribution in [0.15, 0.2) is 42.6 Å². The van der Waals surface area contributed by atoms with E-state index in [2.05, 4.69) is 15.2 Å². The summed E-state index contributed by atoms with van der Waals surface area (Å²) in [7, 11) is 0. The quantitative estimate of drug-likeness (QED) is 0.869. The van der Waals surface area contributed by atoms with Crippen molar-refractivity contribution in [3.8, 4) is 5.88 Å². The van der Waals surface area contributed by atoms with Crippen molar-refractivity contribution in [2.24, 2.45) is 0 Å². The van der Waals surface area contributed by atoms with Gasteiger partial charge in [-0.1, -0.05) is 12.1 Å². The van der Waals surface area contributed by atoms with E-state index in [0.717, 1.165) is 32.8 Å². The molecule has 0 radical (unpaired) electrons. The lowest BCUT2D eigenvalue weighted by molar-refractivity contribution is 0.0320. The fraction of sp³-hybridized carbons (Fsp3) is 0.333. The Kier molecular flexibility index (Phi) is 5.92. The Bertz CT molecular complexity index is 703. The highest BCUT2D eigenvalue weighted by Gasteiger charge is 2.12. The maximum absolute atomic E-state index is 13.6. The number of nitrogens with zero attached hydrogens (tertiary/aromatic N) is 2. The summed E-state index contributed by atoms with van der Waals surface area (Å²) in [5.41, 5.74) is 0.474. The maximum Gasteiger partial charge on any atom is 0.258 e. The second kappa shape index (κ2) is 8.55. The molecule has 0 bridgehead atoms. The predicted molar refractivity (Wildman–Crippen MR) is 91.3 cm³/mol.